The number of hydrogen-bond donors (Lipinski definition) is 1. The van der Waals surface area contributed by atoms with Gasteiger partial charge in [0.15, 0.2) is 0 Å². The lowest BCUT2D eigenvalue weighted by Crippen LogP contribution is -2.21. The van der Waals surface area contributed by atoms with Crippen LogP contribution in [-0.2, 0) is 10.0 Å². The molecule has 1 N–H and O–H groups in total. The molecule has 1 aliphatic rings. The molecule has 0 atom stereocenters. The first-order chi connectivity index (χ1) is 11.4. The van der Waals surface area contributed by atoms with Gasteiger partial charge in [0.1, 0.15) is 5.75 Å². The van der Waals surface area contributed by atoms with Gasteiger partial charge in [0.2, 0.25) is 10.0 Å². The van der Waals surface area contributed by atoms with Crippen LogP contribution in [-0.4, -0.2) is 21.8 Å². The molecule has 3 rings (SSSR count). The number of hydrogen-bond acceptors (Lipinski definition) is 3. The highest BCUT2D eigenvalue weighted by Gasteiger charge is 2.33. The SMILES string of the molecule is COc1ccc(NS(C)(=O)=O)cc1[C@H]1C[C@H](c2ccc(Cl)cc2)C1. The predicted octanol–water partition coefficient (Wildman–Crippen LogP) is 4.38. The second kappa shape index (κ2) is 6.65. The van der Waals surface area contributed by atoms with Crippen molar-refractivity contribution in [2.45, 2.75) is 24.7 Å². The van der Waals surface area contributed by atoms with Crippen LogP contribution in [0.25, 0.3) is 0 Å². The smallest absolute Gasteiger partial charge is 0.229 e. The van der Waals surface area contributed by atoms with E-state index in [0.717, 1.165) is 35.4 Å². The number of methoxy groups -OCH3 is 1. The molecule has 0 aliphatic heterocycles. The molecule has 0 unspecified atom stereocenters. The van der Waals surface area contributed by atoms with E-state index in [1.165, 1.54) is 5.56 Å². The fourth-order valence-corrected chi connectivity index (χ4v) is 3.89. The minimum absolute atomic E-state index is 0.363. The average molecular weight is 366 g/mol. The Kier molecular flexibility index (Phi) is 4.74. The monoisotopic (exact) mass is 365 g/mol. The van der Waals surface area contributed by atoms with E-state index in [9.17, 15) is 8.42 Å². The van der Waals surface area contributed by atoms with Crippen molar-refractivity contribution in [3.05, 3.63) is 58.6 Å². The minimum atomic E-state index is -3.29. The van der Waals surface area contributed by atoms with Gasteiger partial charge in [-0.15, -0.1) is 0 Å². The van der Waals surface area contributed by atoms with Gasteiger partial charge in [-0.25, -0.2) is 8.42 Å². The van der Waals surface area contributed by atoms with E-state index in [0.29, 0.717) is 17.5 Å². The lowest BCUT2D eigenvalue weighted by atomic mass is 9.68. The van der Waals surface area contributed by atoms with Crippen molar-refractivity contribution in [2.24, 2.45) is 0 Å². The van der Waals surface area contributed by atoms with Crippen LogP contribution in [0.15, 0.2) is 42.5 Å². The Morgan fingerprint density at radius 1 is 1.08 bits per heavy atom. The first kappa shape index (κ1) is 17.1. The third-order valence-corrected chi connectivity index (χ3v) is 5.31. The highest BCUT2D eigenvalue weighted by Crippen LogP contribution is 2.50. The summed E-state index contributed by atoms with van der Waals surface area (Å²) in [6.45, 7) is 0. The Morgan fingerprint density at radius 2 is 1.75 bits per heavy atom. The number of sulfonamides is 1. The molecule has 4 nitrogen and oxygen atoms in total. The molecule has 0 spiro atoms. The molecule has 0 radical (unpaired) electrons. The molecular formula is C18H20ClNO3S. The van der Waals surface area contributed by atoms with E-state index < -0.39 is 10.0 Å². The third-order valence-electron chi connectivity index (χ3n) is 4.45. The first-order valence-electron chi connectivity index (χ1n) is 7.77. The third kappa shape index (κ3) is 3.84. The van der Waals surface area contributed by atoms with E-state index in [2.05, 4.69) is 16.9 Å². The molecule has 1 saturated carbocycles. The second-order valence-corrected chi connectivity index (χ2v) is 8.43. The zero-order chi connectivity index (χ0) is 17.3. The van der Waals surface area contributed by atoms with Crippen LogP contribution < -0.4 is 9.46 Å². The number of benzene rings is 2. The molecular weight excluding hydrogens is 346 g/mol. The van der Waals surface area contributed by atoms with Crippen molar-refractivity contribution in [1.29, 1.82) is 0 Å². The fourth-order valence-electron chi connectivity index (χ4n) is 3.21. The molecule has 0 amide bonds. The number of rotatable bonds is 5. The van der Waals surface area contributed by atoms with E-state index >= 15 is 0 Å². The molecule has 0 aromatic heterocycles. The van der Waals surface area contributed by atoms with E-state index in [1.807, 2.05) is 24.3 Å². The summed E-state index contributed by atoms with van der Waals surface area (Å²) in [6.07, 6.45) is 3.18. The summed E-state index contributed by atoms with van der Waals surface area (Å²) in [6, 6.07) is 13.4. The van der Waals surface area contributed by atoms with Crippen molar-refractivity contribution in [3.63, 3.8) is 0 Å². The Balaban J connectivity index is 1.77. The van der Waals surface area contributed by atoms with Crippen LogP contribution in [0.1, 0.15) is 35.8 Å². The van der Waals surface area contributed by atoms with Gasteiger partial charge in [0, 0.05) is 10.7 Å². The van der Waals surface area contributed by atoms with Crippen LogP contribution in [0.2, 0.25) is 5.02 Å². The molecule has 0 saturated heterocycles. The molecule has 2 aromatic rings. The summed E-state index contributed by atoms with van der Waals surface area (Å²) in [5, 5.41) is 0.746. The number of nitrogens with one attached hydrogen (secondary N) is 1. The predicted molar refractivity (Wildman–Crippen MR) is 97.6 cm³/mol. The average Bonchev–Trinajstić information content (AvgIpc) is 2.46. The van der Waals surface area contributed by atoms with Crippen LogP contribution in [0.4, 0.5) is 5.69 Å². The molecule has 0 heterocycles. The van der Waals surface area contributed by atoms with E-state index in [4.69, 9.17) is 16.3 Å². The van der Waals surface area contributed by atoms with Gasteiger partial charge in [-0.1, -0.05) is 23.7 Å². The van der Waals surface area contributed by atoms with Crippen LogP contribution >= 0.6 is 11.6 Å². The van der Waals surface area contributed by atoms with Gasteiger partial charge >= 0.3 is 0 Å². The summed E-state index contributed by atoms with van der Waals surface area (Å²) in [5.74, 6) is 1.67. The van der Waals surface area contributed by atoms with Crippen molar-refractivity contribution in [1.82, 2.24) is 0 Å². The van der Waals surface area contributed by atoms with Gasteiger partial charge in [0.05, 0.1) is 13.4 Å². The minimum Gasteiger partial charge on any atom is -0.496 e. The number of ether oxygens (including phenoxy) is 1. The van der Waals surface area contributed by atoms with E-state index in [-0.39, 0.29) is 0 Å². The number of halogens is 1. The molecule has 2 aromatic carbocycles. The highest BCUT2D eigenvalue weighted by atomic mass is 35.5. The van der Waals surface area contributed by atoms with Gasteiger partial charge < -0.3 is 4.74 Å². The molecule has 6 heteroatoms. The zero-order valence-corrected chi connectivity index (χ0v) is 15.2. The Hall–Kier alpha value is -1.72. The lowest BCUT2D eigenvalue weighted by molar-refractivity contribution is 0.333. The Morgan fingerprint density at radius 3 is 2.33 bits per heavy atom. The second-order valence-electron chi connectivity index (χ2n) is 6.25. The highest BCUT2D eigenvalue weighted by molar-refractivity contribution is 7.92. The molecule has 1 aliphatic carbocycles. The summed E-state index contributed by atoms with van der Waals surface area (Å²) < 4.78 is 30.8. The van der Waals surface area contributed by atoms with Gasteiger partial charge in [-0.2, -0.15) is 0 Å². The molecule has 0 bridgehead atoms. The summed E-state index contributed by atoms with van der Waals surface area (Å²) in [4.78, 5) is 0. The van der Waals surface area contributed by atoms with Crippen LogP contribution in [0.5, 0.6) is 5.75 Å². The zero-order valence-electron chi connectivity index (χ0n) is 13.6. The van der Waals surface area contributed by atoms with Crippen LogP contribution in [0, 0.1) is 0 Å². The van der Waals surface area contributed by atoms with Gasteiger partial charge in [0.25, 0.3) is 0 Å². The lowest BCUT2D eigenvalue weighted by Gasteiger charge is -2.37. The maximum Gasteiger partial charge on any atom is 0.229 e. The summed E-state index contributed by atoms with van der Waals surface area (Å²) in [5.41, 5.74) is 2.92. The Bertz CT molecular complexity index is 828. The first-order valence-corrected chi connectivity index (χ1v) is 10.0. The largest absolute Gasteiger partial charge is 0.496 e. The maximum absolute atomic E-state index is 11.4. The van der Waals surface area contributed by atoms with Crippen LogP contribution in [0.3, 0.4) is 0 Å². The standard InChI is InChI=1S/C18H20ClNO3S/c1-23-18-8-7-16(20-24(2,21)22)11-17(18)14-9-13(10-14)12-3-5-15(19)6-4-12/h3-8,11,13-14,20H,9-10H2,1-2H3/t13-,14-. The quantitative estimate of drug-likeness (QED) is 0.855. The van der Waals surface area contributed by atoms with Gasteiger partial charge in [-0.05, 0) is 66.1 Å². The van der Waals surface area contributed by atoms with E-state index in [1.54, 1.807) is 13.2 Å². The molecule has 1 fully saturated rings. The maximum atomic E-state index is 11.4. The van der Waals surface area contributed by atoms with Crippen molar-refractivity contribution < 1.29 is 13.2 Å². The normalized spacial score (nSPS) is 20.3. The van der Waals surface area contributed by atoms with Crippen molar-refractivity contribution in [2.75, 3.05) is 18.1 Å². The summed E-state index contributed by atoms with van der Waals surface area (Å²) in [7, 11) is -1.65. The number of anilines is 1. The fraction of sp³-hybridized carbons (Fsp3) is 0.333. The van der Waals surface area contributed by atoms with Crippen molar-refractivity contribution in [3.8, 4) is 5.75 Å². The summed E-state index contributed by atoms with van der Waals surface area (Å²) >= 11 is 5.94. The molecule has 24 heavy (non-hydrogen) atoms. The topological polar surface area (TPSA) is 55.4 Å². The van der Waals surface area contributed by atoms with Crippen molar-refractivity contribution >= 4 is 27.3 Å². The Labute approximate surface area is 147 Å². The molecule has 128 valence electrons. The van der Waals surface area contributed by atoms with Gasteiger partial charge in [-0.3, -0.25) is 4.72 Å².